The molecule has 0 heterocycles. The molecular weight excluding hydrogens is 314 g/mol. The molecule has 0 N–H and O–H groups in total. The number of ketones is 1. The lowest BCUT2D eigenvalue weighted by molar-refractivity contribution is -0.144. The van der Waals surface area contributed by atoms with Crippen molar-refractivity contribution >= 4 is 11.8 Å². The maximum absolute atomic E-state index is 13.5. The predicted octanol–water partition coefficient (Wildman–Crippen LogP) is 3.59. The van der Waals surface area contributed by atoms with Crippen molar-refractivity contribution in [3.8, 4) is 0 Å². The Morgan fingerprint density at radius 2 is 1.79 bits per heavy atom. The summed E-state index contributed by atoms with van der Waals surface area (Å²) in [4.78, 5) is 25.1. The van der Waals surface area contributed by atoms with Crippen LogP contribution in [0.2, 0.25) is 0 Å². The van der Waals surface area contributed by atoms with E-state index in [1.165, 1.54) is 42.5 Å². The van der Waals surface area contributed by atoms with Gasteiger partial charge in [0.25, 0.3) is 0 Å². The molecule has 0 bridgehead atoms. The predicted molar refractivity (Wildman–Crippen MR) is 83.8 cm³/mol. The van der Waals surface area contributed by atoms with Crippen LogP contribution in [0.25, 0.3) is 0 Å². The highest BCUT2D eigenvalue weighted by atomic mass is 19.1. The van der Waals surface area contributed by atoms with Crippen molar-refractivity contribution < 1.29 is 23.1 Å². The minimum Gasteiger partial charge on any atom is -0.466 e. The zero-order valence-corrected chi connectivity index (χ0v) is 13.1. The second kappa shape index (κ2) is 6.15. The number of esters is 1. The van der Waals surface area contributed by atoms with Crippen LogP contribution in [0.15, 0.2) is 42.5 Å². The summed E-state index contributed by atoms with van der Waals surface area (Å²) in [5.74, 6) is -1.65. The zero-order valence-electron chi connectivity index (χ0n) is 13.1. The number of hydrogen-bond donors (Lipinski definition) is 0. The van der Waals surface area contributed by atoms with Crippen LogP contribution in [0.3, 0.4) is 0 Å². The van der Waals surface area contributed by atoms with Crippen LogP contribution < -0.4 is 0 Å². The van der Waals surface area contributed by atoms with E-state index in [1.807, 2.05) is 0 Å². The first kappa shape index (κ1) is 16.3. The van der Waals surface area contributed by atoms with E-state index in [0.717, 1.165) is 0 Å². The smallest absolute Gasteiger partial charge is 0.307 e. The van der Waals surface area contributed by atoms with E-state index in [2.05, 4.69) is 0 Å². The number of carbonyl (C=O) groups excluding carboxylic acids is 2. The van der Waals surface area contributed by atoms with Crippen LogP contribution in [-0.2, 0) is 21.4 Å². The first-order chi connectivity index (χ1) is 11.5. The second-order valence-electron chi connectivity index (χ2n) is 5.88. The van der Waals surface area contributed by atoms with Crippen LogP contribution in [-0.4, -0.2) is 18.4 Å². The van der Waals surface area contributed by atoms with Crippen molar-refractivity contribution in [2.75, 3.05) is 6.61 Å². The van der Waals surface area contributed by atoms with E-state index >= 15 is 0 Å². The molecule has 2 aromatic rings. The molecule has 1 atom stereocenters. The number of fused-ring (bicyclic) bond motifs is 1. The van der Waals surface area contributed by atoms with Crippen molar-refractivity contribution in [3.63, 3.8) is 0 Å². The summed E-state index contributed by atoms with van der Waals surface area (Å²) in [5, 5.41) is 0. The molecule has 24 heavy (non-hydrogen) atoms. The SMILES string of the molecule is CCOC(=O)CC1(c2ccc(F)cc2)Cc2cc(F)ccc2C1=O. The normalized spacial score (nSPS) is 19.2. The fourth-order valence-electron chi connectivity index (χ4n) is 3.30. The van der Waals surface area contributed by atoms with Gasteiger partial charge in [-0.15, -0.1) is 0 Å². The average molecular weight is 330 g/mol. The molecule has 3 rings (SSSR count). The lowest BCUT2D eigenvalue weighted by Crippen LogP contribution is -2.36. The second-order valence-corrected chi connectivity index (χ2v) is 5.88. The Labute approximate surface area is 138 Å². The number of Topliss-reactive ketones (excluding diaryl/α,β-unsaturated/α-hetero) is 1. The number of rotatable bonds is 4. The molecule has 0 spiro atoms. The van der Waals surface area contributed by atoms with Gasteiger partial charge in [-0.25, -0.2) is 8.78 Å². The van der Waals surface area contributed by atoms with Crippen molar-refractivity contribution in [2.45, 2.75) is 25.2 Å². The minimum atomic E-state index is -1.18. The van der Waals surface area contributed by atoms with E-state index in [-0.39, 0.29) is 25.2 Å². The van der Waals surface area contributed by atoms with Gasteiger partial charge in [0.1, 0.15) is 11.6 Å². The molecule has 1 aliphatic rings. The molecule has 1 aliphatic carbocycles. The Kier molecular flexibility index (Phi) is 4.18. The summed E-state index contributed by atoms with van der Waals surface area (Å²) in [7, 11) is 0. The van der Waals surface area contributed by atoms with Crippen LogP contribution in [0, 0.1) is 11.6 Å². The van der Waals surface area contributed by atoms with Gasteiger partial charge in [0.2, 0.25) is 0 Å². The van der Waals surface area contributed by atoms with Crippen molar-refractivity contribution in [1.29, 1.82) is 0 Å². The molecule has 2 aromatic carbocycles. The number of ether oxygens (including phenoxy) is 1. The van der Waals surface area contributed by atoms with Gasteiger partial charge >= 0.3 is 5.97 Å². The molecule has 0 fully saturated rings. The molecule has 0 amide bonds. The molecule has 0 saturated heterocycles. The molecule has 0 aliphatic heterocycles. The highest BCUT2D eigenvalue weighted by Gasteiger charge is 2.48. The third kappa shape index (κ3) is 2.70. The first-order valence-corrected chi connectivity index (χ1v) is 7.71. The summed E-state index contributed by atoms with van der Waals surface area (Å²) in [6, 6.07) is 9.45. The molecule has 5 heteroatoms. The van der Waals surface area contributed by atoms with Gasteiger partial charge in [0.15, 0.2) is 5.78 Å². The molecule has 1 unspecified atom stereocenters. The third-order valence-corrected chi connectivity index (χ3v) is 4.39. The van der Waals surface area contributed by atoms with Gasteiger partial charge < -0.3 is 4.74 Å². The summed E-state index contributed by atoms with van der Waals surface area (Å²) in [5.41, 5.74) is 0.285. The van der Waals surface area contributed by atoms with Crippen molar-refractivity contribution in [1.82, 2.24) is 0 Å². The molecule has 0 saturated carbocycles. The zero-order chi connectivity index (χ0) is 17.3. The van der Waals surface area contributed by atoms with Crippen LogP contribution in [0.4, 0.5) is 8.78 Å². The van der Waals surface area contributed by atoms with Gasteiger partial charge in [0, 0.05) is 5.56 Å². The lowest BCUT2D eigenvalue weighted by atomic mass is 9.74. The maximum Gasteiger partial charge on any atom is 0.307 e. The molecule has 124 valence electrons. The van der Waals surface area contributed by atoms with Gasteiger partial charge in [-0.3, -0.25) is 9.59 Å². The Hall–Kier alpha value is -2.56. The maximum atomic E-state index is 13.5. The average Bonchev–Trinajstić information content (AvgIpc) is 2.80. The number of halogens is 2. The Bertz CT molecular complexity index is 799. The summed E-state index contributed by atoms with van der Waals surface area (Å²) >= 11 is 0. The summed E-state index contributed by atoms with van der Waals surface area (Å²) < 4.78 is 31.8. The summed E-state index contributed by atoms with van der Waals surface area (Å²) in [6.07, 6.45) is 0.0188. The fraction of sp³-hybridized carbons (Fsp3) is 0.263. The van der Waals surface area contributed by atoms with Crippen LogP contribution in [0.5, 0.6) is 0 Å². The van der Waals surface area contributed by atoms with E-state index in [1.54, 1.807) is 6.92 Å². The largest absolute Gasteiger partial charge is 0.466 e. The number of benzene rings is 2. The quantitative estimate of drug-likeness (QED) is 0.805. The fourth-order valence-corrected chi connectivity index (χ4v) is 3.30. The van der Waals surface area contributed by atoms with Gasteiger partial charge in [-0.05, 0) is 54.8 Å². The molecule has 0 radical (unpaired) electrons. The Morgan fingerprint density at radius 1 is 1.12 bits per heavy atom. The highest BCUT2D eigenvalue weighted by Crippen LogP contribution is 2.42. The minimum absolute atomic E-state index is 0.165. The van der Waals surface area contributed by atoms with Crippen LogP contribution in [0.1, 0.15) is 34.8 Å². The van der Waals surface area contributed by atoms with Crippen molar-refractivity contribution in [3.05, 3.63) is 70.8 Å². The summed E-state index contributed by atoms with van der Waals surface area (Å²) in [6.45, 7) is 1.89. The van der Waals surface area contributed by atoms with Gasteiger partial charge in [0.05, 0.1) is 18.4 Å². The standard InChI is InChI=1S/C19H16F2O3/c1-2-24-17(22)11-19(13-3-5-14(20)6-4-13)10-12-9-15(21)7-8-16(12)18(19)23/h3-9H,2,10-11H2,1H3. The highest BCUT2D eigenvalue weighted by molar-refractivity contribution is 6.10. The van der Waals surface area contributed by atoms with Crippen molar-refractivity contribution in [2.24, 2.45) is 0 Å². The monoisotopic (exact) mass is 330 g/mol. The Morgan fingerprint density at radius 3 is 2.46 bits per heavy atom. The van der Waals surface area contributed by atoms with E-state index in [0.29, 0.717) is 16.7 Å². The Balaban J connectivity index is 2.09. The van der Waals surface area contributed by atoms with Crippen LogP contribution >= 0.6 is 0 Å². The van der Waals surface area contributed by atoms with E-state index in [9.17, 15) is 18.4 Å². The topological polar surface area (TPSA) is 43.4 Å². The van der Waals surface area contributed by atoms with Gasteiger partial charge in [-0.1, -0.05) is 12.1 Å². The molecular formula is C19H16F2O3. The third-order valence-electron chi connectivity index (χ3n) is 4.39. The van der Waals surface area contributed by atoms with E-state index < -0.39 is 23.0 Å². The first-order valence-electron chi connectivity index (χ1n) is 7.71. The molecule has 3 nitrogen and oxygen atoms in total. The van der Waals surface area contributed by atoms with Gasteiger partial charge in [-0.2, -0.15) is 0 Å². The molecule has 0 aromatic heterocycles. The number of carbonyl (C=O) groups is 2. The van der Waals surface area contributed by atoms with E-state index in [4.69, 9.17) is 4.74 Å². The lowest BCUT2D eigenvalue weighted by Gasteiger charge is -2.27. The number of hydrogen-bond acceptors (Lipinski definition) is 3.